The second-order valence-corrected chi connectivity index (χ2v) is 2.61. The molecule has 0 atom stereocenters. The first-order valence-electron chi connectivity index (χ1n) is 3.34. The highest BCUT2D eigenvalue weighted by molar-refractivity contribution is 4.61. The van der Waals surface area contributed by atoms with E-state index in [1.54, 1.807) is 0 Å². The molecule has 0 radical (unpaired) electrons. The molecule has 0 bridgehead atoms. The van der Waals surface area contributed by atoms with Crippen LogP contribution in [0.2, 0.25) is 0 Å². The quantitative estimate of drug-likeness (QED) is 0.520. The molecule has 0 unspecified atom stereocenters. The zero-order chi connectivity index (χ0) is 6.69. The molecule has 1 fully saturated rings. The molecule has 0 amide bonds. The van der Waals surface area contributed by atoms with E-state index >= 15 is 0 Å². The number of hydrogen-bond acceptors (Lipinski definition) is 3. The van der Waals surface area contributed by atoms with Crippen LogP contribution in [0.4, 0.5) is 0 Å². The van der Waals surface area contributed by atoms with Crippen molar-refractivity contribution in [2.75, 3.05) is 33.5 Å². The summed E-state index contributed by atoms with van der Waals surface area (Å²) in [4.78, 5) is 4.23. The maximum absolute atomic E-state index is 8.71. The Labute approximate surface area is 55.9 Å². The van der Waals surface area contributed by atoms with Gasteiger partial charge in [-0.25, -0.2) is 0 Å². The predicted octanol–water partition coefficient (Wildman–Crippen LogP) is -0.469. The topological polar surface area (TPSA) is 26.7 Å². The number of aliphatic hydroxyl groups is 1. The summed E-state index contributed by atoms with van der Waals surface area (Å²) in [6.45, 7) is 3.32. The molecule has 1 heterocycles. The van der Waals surface area contributed by atoms with Gasteiger partial charge in [0.1, 0.15) is 0 Å². The lowest BCUT2D eigenvalue weighted by Crippen LogP contribution is -2.42. The van der Waals surface area contributed by atoms with Gasteiger partial charge in [0, 0.05) is 13.1 Å². The first-order valence-corrected chi connectivity index (χ1v) is 3.34. The number of nitrogens with zero attached hydrogens (tertiary/aromatic N) is 2. The third-order valence-electron chi connectivity index (χ3n) is 1.66. The van der Waals surface area contributed by atoms with Gasteiger partial charge in [-0.05, 0) is 13.5 Å². The Morgan fingerprint density at radius 2 is 2.22 bits per heavy atom. The summed E-state index contributed by atoms with van der Waals surface area (Å²) >= 11 is 0. The molecule has 1 saturated heterocycles. The Bertz CT molecular complexity index is 87.1. The third kappa shape index (κ3) is 1.93. The minimum Gasteiger partial charge on any atom is -0.381 e. The van der Waals surface area contributed by atoms with Crippen LogP contribution < -0.4 is 0 Å². The maximum Gasteiger partial charge on any atom is 0.0966 e. The average Bonchev–Trinajstić information content (AvgIpc) is 1.88. The largest absolute Gasteiger partial charge is 0.381 e. The van der Waals surface area contributed by atoms with Crippen molar-refractivity contribution in [3.05, 3.63) is 0 Å². The smallest absolute Gasteiger partial charge is 0.0966 e. The Hall–Kier alpha value is -0.120. The second-order valence-electron chi connectivity index (χ2n) is 2.61. The lowest BCUT2D eigenvalue weighted by molar-refractivity contribution is 0.0308. The number of rotatable bonds is 1. The van der Waals surface area contributed by atoms with Crippen molar-refractivity contribution < 1.29 is 5.11 Å². The van der Waals surface area contributed by atoms with E-state index in [0.717, 1.165) is 19.8 Å². The van der Waals surface area contributed by atoms with Gasteiger partial charge in [0.15, 0.2) is 0 Å². The first kappa shape index (κ1) is 6.99. The van der Waals surface area contributed by atoms with Gasteiger partial charge in [-0.2, -0.15) is 0 Å². The van der Waals surface area contributed by atoms with Crippen LogP contribution in [0.1, 0.15) is 6.42 Å². The summed E-state index contributed by atoms with van der Waals surface area (Å²) in [6, 6.07) is 0. The van der Waals surface area contributed by atoms with Gasteiger partial charge in [-0.3, -0.25) is 9.80 Å². The molecule has 54 valence electrons. The van der Waals surface area contributed by atoms with Gasteiger partial charge in [0.25, 0.3) is 0 Å². The summed E-state index contributed by atoms with van der Waals surface area (Å²) in [5.74, 6) is 0. The lowest BCUT2D eigenvalue weighted by atomic mass is 10.3. The van der Waals surface area contributed by atoms with Crippen molar-refractivity contribution in [3.63, 3.8) is 0 Å². The zero-order valence-electron chi connectivity index (χ0n) is 5.88. The fourth-order valence-electron chi connectivity index (χ4n) is 1.16. The number of aliphatic hydroxyl groups excluding tert-OH is 1. The van der Waals surface area contributed by atoms with Crippen LogP contribution in [0.5, 0.6) is 0 Å². The summed E-state index contributed by atoms with van der Waals surface area (Å²) in [5, 5.41) is 8.71. The third-order valence-corrected chi connectivity index (χ3v) is 1.66. The molecule has 0 aromatic carbocycles. The van der Waals surface area contributed by atoms with E-state index in [9.17, 15) is 0 Å². The fraction of sp³-hybridized carbons (Fsp3) is 1.00. The second kappa shape index (κ2) is 3.15. The van der Waals surface area contributed by atoms with Gasteiger partial charge in [0.2, 0.25) is 0 Å². The maximum atomic E-state index is 8.71. The SMILES string of the molecule is CN1CCCN(CO)C1. The minimum atomic E-state index is 0.199. The Morgan fingerprint density at radius 1 is 1.44 bits per heavy atom. The molecular formula is C6H14N2O. The molecule has 0 aliphatic carbocycles. The van der Waals surface area contributed by atoms with Crippen molar-refractivity contribution in [1.29, 1.82) is 0 Å². The van der Waals surface area contributed by atoms with Crippen LogP contribution in [0.3, 0.4) is 0 Å². The summed E-state index contributed by atoms with van der Waals surface area (Å²) in [5.41, 5.74) is 0. The van der Waals surface area contributed by atoms with Gasteiger partial charge >= 0.3 is 0 Å². The van der Waals surface area contributed by atoms with E-state index in [2.05, 4.69) is 11.9 Å². The molecule has 3 nitrogen and oxygen atoms in total. The van der Waals surface area contributed by atoms with Crippen molar-refractivity contribution in [1.82, 2.24) is 9.80 Å². The number of hydrogen-bond donors (Lipinski definition) is 1. The summed E-state index contributed by atoms with van der Waals surface area (Å²) < 4.78 is 0. The molecule has 1 N–H and O–H groups in total. The summed E-state index contributed by atoms with van der Waals surface area (Å²) in [6.07, 6.45) is 1.18. The minimum absolute atomic E-state index is 0.199. The highest BCUT2D eigenvalue weighted by atomic mass is 16.3. The molecule has 9 heavy (non-hydrogen) atoms. The Kier molecular flexibility index (Phi) is 2.45. The molecule has 1 aliphatic heterocycles. The average molecular weight is 130 g/mol. The molecular weight excluding hydrogens is 116 g/mol. The van der Waals surface area contributed by atoms with Crippen molar-refractivity contribution in [2.45, 2.75) is 6.42 Å². The van der Waals surface area contributed by atoms with E-state index in [0.29, 0.717) is 0 Å². The van der Waals surface area contributed by atoms with Gasteiger partial charge in [-0.15, -0.1) is 0 Å². The summed E-state index contributed by atoms with van der Waals surface area (Å²) in [7, 11) is 2.07. The highest BCUT2D eigenvalue weighted by Gasteiger charge is 2.11. The van der Waals surface area contributed by atoms with Crippen molar-refractivity contribution in [3.8, 4) is 0 Å². The van der Waals surface area contributed by atoms with E-state index < -0.39 is 0 Å². The van der Waals surface area contributed by atoms with Crippen LogP contribution in [0.25, 0.3) is 0 Å². The molecule has 0 saturated carbocycles. The van der Waals surface area contributed by atoms with Gasteiger partial charge in [-0.1, -0.05) is 0 Å². The molecule has 0 spiro atoms. The van der Waals surface area contributed by atoms with E-state index in [1.807, 2.05) is 4.90 Å². The Balaban J connectivity index is 2.23. The Morgan fingerprint density at radius 3 is 2.67 bits per heavy atom. The molecule has 1 rings (SSSR count). The molecule has 1 aliphatic rings. The predicted molar refractivity (Wildman–Crippen MR) is 35.9 cm³/mol. The van der Waals surface area contributed by atoms with Crippen LogP contribution in [-0.2, 0) is 0 Å². The molecule has 0 aromatic heterocycles. The fourth-order valence-corrected chi connectivity index (χ4v) is 1.16. The first-order chi connectivity index (χ1) is 4.33. The molecule has 3 heteroatoms. The molecule has 0 aromatic rings. The van der Waals surface area contributed by atoms with Crippen LogP contribution >= 0.6 is 0 Å². The normalized spacial score (nSPS) is 24.7. The van der Waals surface area contributed by atoms with Crippen LogP contribution in [0, 0.1) is 0 Å². The van der Waals surface area contributed by atoms with Crippen molar-refractivity contribution in [2.24, 2.45) is 0 Å². The standard InChI is InChI=1S/C6H14N2O/c1-7-3-2-4-8(5-7)6-9/h9H,2-6H2,1H3. The van der Waals surface area contributed by atoms with E-state index in [4.69, 9.17) is 5.11 Å². The highest BCUT2D eigenvalue weighted by Crippen LogP contribution is 2.00. The lowest BCUT2D eigenvalue weighted by Gasteiger charge is -2.31. The van der Waals surface area contributed by atoms with Gasteiger partial charge < -0.3 is 5.11 Å². The van der Waals surface area contributed by atoms with Crippen molar-refractivity contribution >= 4 is 0 Å². The monoisotopic (exact) mass is 130 g/mol. The van der Waals surface area contributed by atoms with E-state index in [-0.39, 0.29) is 6.73 Å². The zero-order valence-corrected chi connectivity index (χ0v) is 5.88. The van der Waals surface area contributed by atoms with E-state index in [1.165, 1.54) is 6.42 Å². The van der Waals surface area contributed by atoms with Gasteiger partial charge in [0.05, 0.1) is 13.4 Å². The van der Waals surface area contributed by atoms with Crippen LogP contribution in [0.15, 0.2) is 0 Å². The van der Waals surface area contributed by atoms with Crippen LogP contribution in [-0.4, -0.2) is 48.4 Å².